The minimum Gasteiger partial charge on any atom is -0.481 e. The first-order chi connectivity index (χ1) is 7.47. The monoisotopic (exact) mass is 247 g/mol. The molecule has 0 spiro atoms. The molecule has 0 radical (unpaired) electrons. The van der Waals surface area contributed by atoms with Crippen LogP contribution in [0.3, 0.4) is 0 Å². The van der Waals surface area contributed by atoms with Crippen molar-refractivity contribution in [1.29, 1.82) is 0 Å². The van der Waals surface area contributed by atoms with Gasteiger partial charge in [0.05, 0.1) is 11.7 Å². The first-order valence-electron chi connectivity index (χ1n) is 5.61. The Morgan fingerprint density at radius 1 is 1.38 bits per heavy atom. The summed E-state index contributed by atoms with van der Waals surface area (Å²) in [5.74, 6) is 0.00669. The van der Waals surface area contributed by atoms with Crippen LogP contribution in [0.1, 0.15) is 40.0 Å². The van der Waals surface area contributed by atoms with Crippen LogP contribution in [0.4, 0.5) is 0 Å². The normalized spacial score (nSPS) is 14.2. The number of carboxylic acid groups (broad SMARTS) is 1. The molecule has 0 bridgehead atoms. The van der Waals surface area contributed by atoms with Crippen molar-refractivity contribution < 1.29 is 14.7 Å². The maximum absolute atomic E-state index is 11.6. The summed E-state index contributed by atoms with van der Waals surface area (Å²) < 4.78 is 0. The van der Waals surface area contributed by atoms with Gasteiger partial charge in [-0.25, -0.2) is 0 Å². The molecule has 0 aromatic carbocycles. The van der Waals surface area contributed by atoms with E-state index < -0.39 is 5.97 Å². The highest BCUT2D eigenvalue weighted by Gasteiger charge is 2.16. The number of unbranched alkanes of at least 4 members (excludes halogenated alkanes) is 1. The number of hydrogen-bond acceptors (Lipinski definition) is 3. The molecule has 0 saturated carbocycles. The molecular formula is C11H21NO3S. The van der Waals surface area contributed by atoms with Crippen LogP contribution in [0, 0.1) is 0 Å². The van der Waals surface area contributed by atoms with Crippen LogP contribution in [-0.4, -0.2) is 34.0 Å². The van der Waals surface area contributed by atoms with Gasteiger partial charge in [-0.3, -0.25) is 9.59 Å². The highest BCUT2D eigenvalue weighted by molar-refractivity contribution is 8.00. The van der Waals surface area contributed by atoms with E-state index in [-0.39, 0.29) is 23.6 Å². The maximum atomic E-state index is 11.6. The van der Waals surface area contributed by atoms with Crippen molar-refractivity contribution in [1.82, 2.24) is 5.32 Å². The summed E-state index contributed by atoms with van der Waals surface area (Å²) in [5.41, 5.74) is 0. The predicted octanol–water partition coefficient (Wildman–Crippen LogP) is 1.89. The number of hydrogen-bond donors (Lipinski definition) is 2. The molecule has 94 valence electrons. The first kappa shape index (κ1) is 15.3. The summed E-state index contributed by atoms with van der Waals surface area (Å²) in [4.78, 5) is 22.0. The molecule has 0 fully saturated rings. The van der Waals surface area contributed by atoms with E-state index in [9.17, 15) is 9.59 Å². The highest BCUT2D eigenvalue weighted by atomic mass is 32.2. The van der Waals surface area contributed by atoms with E-state index in [0.29, 0.717) is 0 Å². The molecule has 5 heteroatoms. The molecule has 1 amide bonds. The Morgan fingerprint density at radius 3 is 2.50 bits per heavy atom. The molecule has 0 aliphatic carbocycles. The van der Waals surface area contributed by atoms with Crippen molar-refractivity contribution in [2.75, 3.05) is 5.75 Å². The third-order valence-corrected chi connectivity index (χ3v) is 3.34. The van der Waals surface area contributed by atoms with E-state index in [2.05, 4.69) is 12.2 Å². The van der Waals surface area contributed by atoms with Crippen molar-refractivity contribution in [3.8, 4) is 0 Å². The lowest BCUT2D eigenvalue weighted by molar-refractivity contribution is -0.137. The first-order valence-corrected chi connectivity index (χ1v) is 6.66. The van der Waals surface area contributed by atoms with Crippen LogP contribution >= 0.6 is 11.8 Å². The van der Waals surface area contributed by atoms with Crippen molar-refractivity contribution in [3.05, 3.63) is 0 Å². The van der Waals surface area contributed by atoms with Gasteiger partial charge in [0.15, 0.2) is 0 Å². The molecule has 0 rings (SSSR count). The van der Waals surface area contributed by atoms with Gasteiger partial charge in [0.25, 0.3) is 0 Å². The second-order valence-corrected chi connectivity index (χ2v) is 5.32. The number of rotatable bonds is 8. The molecule has 2 unspecified atom stereocenters. The number of thioether (sulfide) groups is 1. The van der Waals surface area contributed by atoms with Crippen molar-refractivity contribution in [2.45, 2.75) is 51.3 Å². The second kappa shape index (κ2) is 8.44. The lowest BCUT2D eigenvalue weighted by Gasteiger charge is -2.15. The van der Waals surface area contributed by atoms with Gasteiger partial charge in [0, 0.05) is 6.04 Å². The minimum absolute atomic E-state index is 0.0297. The zero-order chi connectivity index (χ0) is 12.6. The Bertz CT molecular complexity index is 233. The van der Waals surface area contributed by atoms with Crippen LogP contribution in [-0.2, 0) is 9.59 Å². The molecular weight excluding hydrogens is 226 g/mol. The molecule has 0 aliphatic heterocycles. The number of carbonyl (C=O) groups excluding carboxylic acids is 1. The van der Waals surface area contributed by atoms with E-state index in [4.69, 9.17) is 5.11 Å². The van der Waals surface area contributed by atoms with Crippen molar-refractivity contribution in [2.24, 2.45) is 0 Å². The average molecular weight is 247 g/mol. The fourth-order valence-electron chi connectivity index (χ4n) is 1.15. The highest BCUT2D eigenvalue weighted by Crippen LogP contribution is 2.13. The van der Waals surface area contributed by atoms with Gasteiger partial charge >= 0.3 is 5.97 Å². The Kier molecular flexibility index (Phi) is 8.07. The minimum atomic E-state index is -0.890. The van der Waals surface area contributed by atoms with E-state index in [1.165, 1.54) is 0 Å². The smallest absolute Gasteiger partial charge is 0.305 e. The lowest BCUT2D eigenvalue weighted by atomic mass is 10.2. The zero-order valence-electron chi connectivity index (χ0n) is 10.2. The summed E-state index contributed by atoms with van der Waals surface area (Å²) in [7, 11) is 0. The van der Waals surface area contributed by atoms with Gasteiger partial charge in [-0.15, -0.1) is 11.8 Å². The van der Waals surface area contributed by atoms with Gasteiger partial charge in [-0.1, -0.05) is 13.3 Å². The van der Waals surface area contributed by atoms with Crippen molar-refractivity contribution >= 4 is 23.6 Å². The summed E-state index contributed by atoms with van der Waals surface area (Å²) in [6.45, 7) is 5.67. The van der Waals surface area contributed by atoms with Crippen LogP contribution in [0.25, 0.3) is 0 Å². The molecule has 16 heavy (non-hydrogen) atoms. The Morgan fingerprint density at radius 2 is 2.00 bits per heavy atom. The Hall–Kier alpha value is -0.710. The topological polar surface area (TPSA) is 66.4 Å². The van der Waals surface area contributed by atoms with E-state index >= 15 is 0 Å². The molecule has 0 saturated heterocycles. The van der Waals surface area contributed by atoms with Crippen LogP contribution < -0.4 is 5.32 Å². The molecule has 0 aliphatic rings. The predicted molar refractivity (Wildman–Crippen MR) is 66.7 cm³/mol. The zero-order valence-corrected chi connectivity index (χ0v) is 11.0. The summed E-state index contributed by atoms with van der Waals surface area (Å²) in [5, 5.41) is 11.1. The molecule has 2 N–H and O–H groups in total. The Labute approximate surface area is 101 Å². The third-order valence-electron chi connectivity index (χ3n) is 2.10. The molecule has 0 aromatic heterocycles. The number of nitrogens with one attached hydrogen (secondary N) is 1. The van der Waals surface area contributed by atoms with Crippen molar-refractivity contribution in [3.63, 3.8) is 0 Å². The summed E-state index contributed by atoms with van der Waals surface area (Å²) in [6.07, 6.45) is 2.20. The van der Waals surface area contributed by atoms with Gasteiger partial charge in [0.2, 0.25) is 5.91 Å². The fraction of sp³-hybridized carbons (Fsp3) is 0.818. The lowest BCUT2D eigenvalue weighted by Crippen LogP contribution is -2.38. The summed E-state index contributed by atoms with van der Waals surface area (Å²) >= 11 is 1.61. The van der Waals surface area contributed by atoms with E-state index in [1.54, 1.807) is 18.7 Å². The van der Waals surface area contributed by atoms with Crippen LogP contribution in [0.2, 0.25) is 0 Å². The number of aliphatic carboxylic acids is 1. The van der Waals surface area contributed by atoms with Crippen LogP contribution in [0.5, 0.6) is 0 Å². The average Bonchev–Trinajstić information content (AvgIpc) is 2.16. The standard InChI is InChI=1S/C11H21NO3S/c1-4-5-6-16-9(3)11(15)12-8(2)7-10(13)14/h8-9H,4-7H2,1-3H3,(H,12,15)(H,13,14). The van der Waals surface area contributed by atoms with E-state index in [1.807, 2.05) is 6.92 Å². The second-order valence-electron chi connectivity index (χ2n) is 3.87. The number of carboxylic acids is 1. The maximum Gasteiger partial charge on any atom is 0.305 e. The van der Waals surface area contributed by atoms with Gasteiger partial charge in [-0.05, 0) is 26.0 Å². The molecule has 4 nitrogen and oxygen atoms in total. The Balaban J connectivity index is 3.81. The van der Waals surface area contributed by atoms with Gasteiger partial charge in [0.1, 0.15) is 0 Å². The van der Waals surface area contributed by atoms with Gasteiger partial charge < -0.3 is 10.4 Å². The molecule has 0 heterocycles. The van der Waals surface area contributed by atoms with Crippen LogP contribution in [0.15, 0.2) is 0 Å². The molecule has 2 atom stereocenters. The quantitative estimate of drug-likeness (QED) is 0.643. The van der Waals surface area contributed by atoms with E-state index in [0.717, 1.165) is 18.6 Å². The SMILES string of the molecule is CCCCSC(C)C(=O)NC(C)CC(=O)O. The number of carbonyl (C=O) groups is 2. The fourth-order valence-corrected chi connectivity index (χ4v) is 2.18. The largest absolute Gasteiger partial charge is 0.481 e. The number of amides is 1. The summed E-state index contributed by atoms with van der Waals surface area (Å²) in [6, 6.07) is -0.306. The third kappa shape index (κ3) is 7.56. The van der Waals surface area contributed by atoms with Gasteiger partial charge in [-0.2, -0.15) is 0 Å². The molecule has 0 aromatic rings.